The van der Waals surface area contributed by atoms with Gasteiger partial charge in [0.25, 0.3) is 5.91 Å². The molecule has 162 valence electrons. The number of halogens is 1. The highest BCUT2D eigenvalue weighted by Crippen LogP contribution is 2.21. The third-order valence-corrected chi connectivity index (χ3v) is 6.20. The van der Waals surface area contributed by atoms with Gasteiger partial charge in [0.15, 0.2) is 0 Å². The number of rotatable bonds is 9. The summed E-state index contributed by atoms with van der Waals surface area (Å²) in [5, 5.41) is 3.97. The van der Waals surface area contributed by atoms with Crippen molar-refractivity contribution in [1.82, 2.24) is 10.1 Å². The average Bonchev–Trinajstić information content (AvgIpc) is 2.67. The monoisotopic (exact) mass is 495 g/mol. The van der Waals surface area contributed by atoms with Crippen LogP contribution in [-0.2, 0) is 14.8 Å². The van der Waals surface area contributed by atoms with Crippen molar-refractivity contribution >= 4 is 38.1 Å². The lowest BCUT2D eigenvalue weighted by Gasteiger charge is -2.19. The zero-order valence-corrected chi connectivity index (χ0v) is 19.7. The van der Waals surface area contributed by atoms with Gasteiger partial charge in [0.2, 0.25) is 10.0 Å². The van der Waals surface area contributed by atoms with E-state index in [1.165, 1.54) is 25.5 Å². The Kier molecular flexibility index (Phi) is 8.57. The van der Waals surface area contributed by atoms with Gasteiger partial charge in [0, 0.05) is 10.0 Å². The Hall–Kier alpha value is -2.23. The normalized spacial score (nSPS) is 12.9. The number of ether oxygens (including phenoxy) is 1. The Morgan fingerprint density at radius 2 is 1.87 bits per heavy atom. The van der Waals surface area contributed by atoms with E-state index in [1.54, 1.807) is 24.3 Å². The second-order valence-corrected chi connectivity index (χ2v) is 9.87. The average molecular weight is 496 g/mol. The minimum atomic E-state index is -3.85. The van der Waals surface area contributed by atoms with E-state index in [-0.39, 0.29) is 10.8 Å². The van der Waals surface area contributed by atoms with Crippen LogP contribution >= 0.6 is 15.9 Å². The number of hydrogen-bond donors (Lipinski definition) is 2. The van der Waals surface area contributed by atoms with Crippen molar-refractivity contribution in [1.29, 1.82) is 0 Å². The number of sulfonamides is 1. The lowest BCUT2D eigenvalue weighted by molar-refractivity contribution is -0.123. The largest absolute Gasteiger partial charge is 0.496 e. The Morgan fingerprint density at radius 1 is 1.20 bits per heavy atom. The molecule has 1 amide bonds. The van der Waals surface area contributed by atoms with E-state index < -0.39 is 22.0 Å². The number of nitrogens with one attached hydrogen (secondary N) is 2. The molecule has 0 radical (unpaired) electrons. The molecule has 7 nitrogen and oxygen atoms in total. The van der Waals surface area contributed by atoms with Gasteiger partial charge in [-0.3, -0.25) is 4.79 Å². The van der Waals surface area contributed by atoms with Gasteiger partial charge < -0.3 is 4.74 Å². The van der Waals surface area contributed by atoms with E-state index >= 15 is 0 Å². The maximum absolute atomic E-state index is 12.7. The van der Waals surface area contributed by atoms with Crippen LogP contribution in [0.5, 0.6) is 5.75 Å². The number of carbonyl (C=O) groups is 1. The molecule has 0 saturated heterocycles. The summed E-state index contributed by atoms with van der Waals surface area (Å²) in [6, 6.07) is 10.9. The van der Waals surface area contributed by atoms with Crippen molar-refractivity contribution < 1.29 is 17.9 Å². The predicted octanol–water partition coefficient (Wildman–Crippen LogP) is 3.61. The smallest absolute Gasteiger partial charge is 0.258 e. The van der Waals surface area contributed by atoms with E-state index in [1.807, 2.05) is 26.8 Å². The Morgan fingerprint density at radius 3 is 2.47 bits per heavy atom. The zero-order valence-electron chi connectivity index (χ0n) is 17.3. The molecule has 0 aromatic heterocycles. The van der Waals surface area contributed by atoms with Crippen LogP contribution in [0.4, 0.5) is 0 Å². The number of amides is 1. The van der Waals surface area contributed by atoms with Crippen LogP contribution in [0.2, 0.25) is 0 Å². The van der Waals surface area contributed by atoms with E-state index in [0.29, 0.717) is 17.7 Å². The molecule has 0 fully saturated rings. The number of hydrogen-bond acceptors (Lipinski definition) is 5. The number of hydrazone groups is 1. The molecule has 1 atom stereocenters. The molecule has 2 N–H and O–H groups in total. The van der Waals surface area contributed by atoms with Crippen LogP contribution in [0.15, 0.2) is 56.9 Å². The molecule has 0 aliphatic carbocycles. The van der Waals surface area contributed by atoms with Gasteiger partial charge in [0.05, 0.1) is 18.2 Å². The molecule has 2 aromatic rings. The fourth-order valence-corrected chi connectivity index (χ4v) is 4.29. The highest BCUT2D eigenvalue weighted by molar-refractivity contribution is 9.10. The molecule has 9 heteroatoms. The number of nitrogens with zero attached hydrogens (tertiary/aromatic N) is 1. The summed E-state index contributed by atoms with van der Waals surface area (Å²) in [6.07, 6.45) is 1.77. The molecule has 30 heavy (non-hydrogen) atoms. The summed E-state index contributed by atoms with van der Waals surface area (Å²) in [5.74, 6) is 0.148. The zero-order chi connectivity index (χ0) is 22.3. The van der Waals surface area contributed by atoms with E-state index in [9.17, 15) is 13.2 Å². The van der Waals surface area contributed by atoms with Crippen LogP contribution in [0.3, 0.4) is 0 Å². The first-order chi connectivity index (χ1) is 14.1. The standard InChI is InChI=1S/C21H26BrN3O4S/c1-14(2)11-19(25-30(27,28)18-8-5-15(3)6-9-18)21(26)24-23-13-16-12-17(22)7-10-20(16)29-4/h5-10,12-14,19,25H,11H2,1-4H3,(H,24,26)/b23-13-/t19-/m0/s1. The molecule has 0 heterocycles. The van der Waals surface area contributed by atoms with Crippen LogP contribution in [0.1, 0.15) is 31.4 Å². The van der Waals surface area contributed by atoms with Gasteiger partial charge in [-0.1, -0.05) is 47.5 Å². The van der Waals surface area contributed by atoms with Gasteiger partial charge in [-0.15, -0.1) is 0 Å². The third kappa shape index (κ3) is 6.93. The molecule has 0 saturated carbocycles. The second-order valence-electron chi connectivity index (χ2n) is 7.24. The van der Waals surface area contributed by atoms with E-state index in [4.69, 9.17) is 4.74 Å². The van der Waals surface area contributed by atoms with Crippen molar-refractivity contribution in [2.24, 2.45) is 11.0 Å². The van der Waals surface area contributed by atoms with Gasteiger partial charge in [-0.25, -0.2) is 13.8 Å². The van der Waals surface area contributed by atoms with Gasteiger partial charge in [0.1, 0.15) is 11.8 Å². The number of aryl methyl sites for hydroxylation is 1. The van der Waals surface area contributed by atoms with Crippen LogP contribution in [-0.4, -0.2) is 33.7 Å². The number of methoxy groups -OCH3 is 1. The molecule has 0 spiro atoms. The van der Waals surface area contributed by atoms with Gasteiger partial charge in [-0.2, -0.15) is 9.82 Å². The molecular weight excluding hydrogens is 470 g/mol. The third-order valence-electron chi connectivity index (χ3n) is 4.22. The maximum atomic E-state index is 12.7. The van der Waals surface area contributed by atoms with Crippen molar-refractivity contribution in [2.75, 3.05) is 7.11 Å². The first-order valence-corrected chi connectivity index (χ1v) is 11.7. The lowest BCUT2D eigenvalue weighted by atomic mass is 10.0. The van der Waals surface area contributed by atoms with Crippen LogP contribution in [0, 0.1) is 12.8 Å². The van der Waals surface area contributed by atoms with Crippen LogP contribution in [0.25, 0.3) is 0 Å². The van der Waals surface area contributed by atoms with Crippen molar-refractivity contribution in [3.63, 3.8) is 0 Å². The molecule has 0 bridgehead atoms. The summed E-state index contributed by atoms with van der Waals surface area (Å²) in [6.45, 7) is 5.70. The van der Waals surface area contributed by atoms with Crippen molar-refractivity contribution in [3.05, 3.63) is 58.1 Å². The highest BCUT2D eigenvalue weighted by Gasteiger charge is 2.26. The highest BCUT2D eigenvalue weighted by atomic mass is 79.9. The lowest BCUT2D eigenvalue weighted by Crippen LogP contribution is -2.46. The fourth-order valence-electron chi connectivity index (χ4n) is 2.70. The maximum Gasteiger partial charge on any atom is 0.258 e. The Labute approximate surface area is 186 Å². The number of benzene rings is 2. The molecule has 2 rings (SSSR count). The molecule has 0 unspecified atom stereocenters. The van der Waals surface area contributed by atoms with E-state index in [2.05, 4.69) is 31.2 Å². The molecular formula is C21H26BrN3O4S. The first-order valence-electron chi connectivity index (χ1n) is 9.38. The minimum Gasteiger partial charge on any atom is -0.496 e. The summed E-state index contributed by atoms with van der Waals surface area (Å²) < 4.78 is 34.0. The quantitative estimate of drug-likeness (QED) is 0.410. The van der Waals surface area contributed by atoms with Gasteiger partial charge >= 0.3 is 0 Å². The minimum absolute atomic E-state index is 0.0932. The molecule has 0 aliphatic heterocycles. The summed E-state index contributed by atoms with van der Waals surface area (Å²) >= 11 is 3.38. The van der Waals surface area contributed by atoms with E-state index in [0.717, 1.165) is 10.0 Å². The summed E-state index contributed by atoms with van der Waals surface area (Å²) in [7, 11) is -2.31. The summed E-state index contributed by atoms with van der Waals surface area (Å²) in [4.78, 5) is 12.8. The second kappa shape index (κ2) is 10.7. The topological polar surface area (TPSA) is 96.9 Å². The number of carbonyl (C=O) groups excluding carboxylic acids is 1. The van der Waals surface area contributed by atoms with Crippen LogP contribution < -0.4 is 14.9 Å². The summed E-state index contributed by atoms with van der Waals surface area (Å²) in [5.41, 5.74) is 4.03. The predicted molar refractivity (Wildman–Crippen MR) is 121 cm³/mol. The Balaban J connectivity index is 2.15. The Bertz CT molecular complexity index is 1010. The van der Waals surface area contributed by atoms with Gasteiger partial charge in [-0.05, 0) is 49.6 Å². The fraction of sp³-hybridized carbons (Fsp3) is 0.333. The molecule has 0 aliphatic rings. The van der Waals surface area contributed by atoms with Crippen molar-refractivity contribution in [3.8, 4) is 5.75 Å². The first kappa shape index (κ1) is 24.0. The molecule has 2 aromatic carbocycles. The SMILES string of the molecule is COc1ccc(Br)cc1/C=N\NC(=O)[C@H](CC(C)C)NS(=O)(=O)c1ccc(C)cc1. The van der Waals surface area contributed by atoms with Crippen molar-refractivity contribution in [2.45, 2.75) is 38.1 Å².